The van der Waals surface area contributed by atoms with Crippen LogP contribution in [0.3, 0.4) is 0 Å². The number of nitrogens with zero attached hydrogens (tertiary/aromatic N) is 1. The highest BCUT2D eigenvalue weighted by molar-refractivity contribution is 5.93. The van der Waals surface area contributed by atoms with Crippen LogP contribution >= 0.6 is 0 Å². The Morgan fingerprint density at radius 2 is 1.65 bits per heavy atom. The molecule has 1 fully saturated rings. The van der Waals surface area contributed by atoms with Crippen LogP contribution in [0, 0.1) is 5.41 Å². The van der Waals surface area contributed by atoms with Crippen LogP contribution in [-0.2, 0) is 14.4 Å². The number of carboxylic acids is 2. The molecule has 6 nitrogen and oxygen atoms in total. The monoisotopic (exact) mass is 243 g/mol. The van der Waals surface area contributed by atoms with Crippen molar-refractivity contribution in [3.8, 4) is 0 Å². The molecule has 2 atom stereocenters. The van der Waals surface area contributed by atoms with Crippen molar-refractivity contribution in [2.45, 2.75) is 39.2 Å². The van der Waals surface area contributed by atoms with E-state index in [2.05, 4.69) is 0 Å². The summed E-state index contributed by atoms with van der Waals surface area (Å²) in [7, 11) is 0. The molecular weight excluding hydrogens is 226 g/mol. The van der Waals surface area contributed by atoms with E-state index in [0.29, 0.717) is 6.42 Å². The highest BCUT2D eigenvalue weighted by Gasteiger charge is 2.61. The molecule has 6 heteroatoms. The predicted octanol–water partition coefficient (Wildman–Crippen LogP) is 0.563. The number of carbonyl (C=O) groups excluding carboxylic acids is 1. The van der Waals surface area contributed by atoms with Gasteiger partial charge in [-0.3, -0.25) is 9.59 Å². The maximum Gasteiger partial charge on any atom is 0.330 e. The molecule has 0 aromatic heterocycles. The minimum absolute atomic E-state index is 0.245. The summed E-state index contributed by atoms with van der Waals surface area (Å²) in [6.07, 6.45) is 0.736. The van der Waals surface area contributed by atoms with E-state index in [4.69, 9.17) is 0 Å². The topological polar surface area (TPSA) is 94.9 Å². The van der Waals surface area contributed by atoms with Crippen LogP contribution in [0.15, 0.2) is 0 Å². The van der Waals surface area contributed by atoms with Crippen LogP contribution in [0.1, 0.15) is 33.6 Å². The summed E-state index contributed by atoms with van der Waals surface area (Å²) in [6.45, 7) is 4.23. The number of amides is 1. The number of piperidine rings is 1. The molecule has 1 saturated heterocycles. The van der Waals surface area contributed by atoms with Gasteiger partial charge in [0.15, 0.2) is 5.54 Å². The maximum absolute atomic E-state index is 11.5. The normalized spacial score (nSPS) is 33.2. The Morgan fingerprint density at radius 1 is 1.12 bits per heavy atom. The minimum atomic E-state index is -1.71. The second-order valence-electron chi connectivity index (χ2n) is 4.79. The van der Waals surface area contributed by atoms with E-state index in [1.54, 1.807) is 0 Å². The Labute approximate surface area is 99.2 Å². The number of aliphatic carboxylic acids is 2. The van der Waals surface area contributed by atoms with Crippen molar-refractivity contribution in [3.05, 3.63) is 0 Å². The molecule has 0 aliphatic carbocycles. The first-order valence-corrected chi connectivity index (χ1v) is 5.43. The lowest BCUT2D eigenvalue weighted by Crippen LogP contribution is -2.68. The first-order valence-electron chi connectivity index (χ1n) is 5.43. The fourth-order valence-electron chi connectivity index (χ4n) is 2.49. The Morgan fingerprint density at radius 3 is 2.00 bits per heavy atom. The van der Waals surface area contributed by atoms with Gasteiger partial charge >= 0.3 is 11.9 Å². The average Bonchev–Trinajstić information content (AvgIpc) is 2.20. The van der Waals surface area contributed by atoms with E-state index in [9.17, 15) is 24.6 Å². The molecule has 0 aromatic carbocycles. The van der Waals surface area contributed by atoms with Gasteiger partial charge in [-0.1, -0.05) is 0 Å². The van der Waals surface area contributed by atoms with Gasteiger partial charge < -0.3 is 15.1 Å². The SMILES string of the molecule is CC(=O)N1CCC[C@@](C)(C(=O)O)[C@@]1(C)C(=O)O. The summed E-state index contributed by atoms with van der Waals surface area (Å²) >= 11 is 0. The number of rotatable bonds is 2. The van der Waals surface area contributed by atoms with Gasteiger partial charge in [0.05, 0.1) is 5.41 Å². The lowest BCUT2D eigenvalue weighted by molar-refractivity contribution is -0.184. The van der Waals surface area contributed by atoms with Crippen molar-refractivity contribution in [1.82, 2.24) is 4.90 Å². The molecule has 0 bridgehead atoms. The van der Waals surface area contributed by atoms with E-state index < -0.39 is 28.8 Å². The average molecular weight is 243 g/mol. The van der Waals surface area contributed by atoms with E-state index in [0.717, 1.165) is 4.90 Å². The van der Waals surface area contributed by atoms with Crippen molar-refractivity contribution in [2.24, 2.45) is 5.41 Å². The van der Waals surface area contributed by atoms with Crippen molar-refractivity contribution >= 4 is 17.8 Å². The molecular formula is C11H17NO5. The Bertz CT molecular complexity index is 380. The second-order valence-corrected chi connectivity index (χ2v) is 4.79. The zero-order valence-corrected chi connectivity index (χ0v) is 10.2. The lowest BCUT2D eigenvalue weighted by atomic mass is 9.65. The molecule has 0 spiro atoms. The predicted molar refractivity (Wildman–Crippen MR) is 58.4 cm³/mol. The van der Waals surface area contributed by atoms with Crippen LogP contribution < -0.4 is 0 Å². The summed E-state index contributed by atoms with van der Waals surface area (Å²) in [5, 5.41) is 18.6. The standard InChI is InChI=1S/C11H17NO5/c1-7(13)12-6-4-5-10(2,8(14)15)11(12,3)9(16)17/h4-6H2,1-3H3,(H,14,15)(H,16,17)/t10-,11+/m0/s1. The third-order valence-corrected chi connectivity index (χ3v) is 3.94. The molecule has 0 unspecified atom stereocenters. The van der Waals surface area contributed by atoms with Crippen LogP contribution in [0.25, 0.3) is 0 Å². The van der Waals surface area contributed by atoms with Crippen molar-refractivity contribution in [1.29, 1.82) is 0 Å². The molecule has 2 N–H and O–H groups in total. The smallest absolute Gasteiger partial charge is 0.330 e. The fourth-order valence-corrected chi connectivity index (χ4v) is 2.49. The molecule has 0 aromatic rings. The third kappa shape index (κ3) is 1.67. The second kappa shape index (κ2) is 4.01. The summed E-state index contributed by atoms with van der Waals surface area (Å²) in [6, 6.07) is 0. The number of carboxylic acid groups (broad SMARTS) is 2. The quantitative estimate of drug-likeness (QED) is 0.739. The number of likely N-dealkylation sites (tertiary alicyclic amines) is 1. The van der Waals surface area contributed by atoms with Gasteiger partial charge in [0, 0.05) is 13.5 Å². The van der Waals surface area contributed by atoms with Crippen LogP contribution in [0.2, 0.25) is 0 Å². The Kier molecular flexibility index (Phi) is 3.18. The van der Waals surface area contributed by atoms with Crippen molar-refractivity contribution in [2.75, 3.05) is 6.54 Å². The highest BCUT2D eigenvalue weighted by atomic mass is 16.4. The van der Waals surface area contributed by atoms with Gasteiger partial charge in [-0.05, 0) is 26.7 Å². The summed E-state index contributed by atoms with van der Waals surface area (Å²) in [4.78, 5) is 35.5. The molecule has 1 rings (SSSR count). The zero-order valence-electron chi connectivity index (χ0n) is 10.2. The van der Waals surface area contributed by atoms with Gasteiger partial charge in [-0.25, -0.2) is 4.79 Å². The Balaban J connectivity index is 3.37. The van der Waals surface area contributed by atoms with Gasteiger partial charge in [-0.2, -0.15) is 0 Å². The van der Waals surface area contributed by atoms with Crippen LogP contribution in [0.4, 0.5) is 0 Å². The first kappa shape index (κ1) is 13.5. The number of carbonyl (C=O) groups is 3. The van der Waals surface area contributed by atoms with Gasteiger partial charge in [0.25, 0.3) is 0 Å². The van der Waals surface area contributed by atoms with E-state index >= 15 is 0 Å². The lowest BCUT2D eigenvalue weighted by Gasteiger charge is -2.50. The van der Waals surface area contributed by atoms with Gasteiger partial charge in [0.2, 0.25) is 5.91 Å². The largest absolute Gasteiger partial charge is 0.481 e. The summed E-state index contributed by atoms with van der Waals surface area (Å²) in [5.41, 5.74) is -3.17. The maximum atomic E-state index is 11.5. The third-order valence-electron chi connectivity index (χ3n) is 3.94. The molecule has 0 radical (unpaired) electrons. The zero-order chi connectivity index (χ0) is 13.4. The van der Waals surface area contributed by atoms with Gasteiger partial charge in [-0.15, -0.1) is 0 Å². The molecule has 96 valence electrons. The van der Waals surface area contributed by atoms with Crippen molar-refractivity contribution < 1.29 is 24.6 Å². The molecule has 17 heavy (non-hydrogen) atoms. The highest BCUT2D eigenvalue weighted by Crippen LogP contribution is 2.44. The molecule has 1 aliphatic heterocycles. The molecule has 1 aliphatic rings. The molecule has 0 saturated carbocycles. The van der Waals surface area contributed by atoms with Crippen LogP contribution in [0.5, 0.6) is 0 Å². The molecule has 1 heterocycles. The summed E-state index contributed by atoms with van der Waals surface area (Å²) < 4.78 is 0. The van der Waals surface area contributed by atoms with Crippen molar-refractivity contribution in [3.63, 3.8) is 0 Å². The Hall–Kier alpha value is -1.59. The number of hydrogen-bond donors (Lipinski definition) is 2. The number of hydrogen-bond acceptors (Lipinski definition) is 3. The fraction of sp³-hybridized carbons (Fsp3) is 0.727. The van der Waals surface area contributed by atoms with Gasteiger partial charge in [0.1, 0.15) is 0 Å². The van der Waals surface area contributed by atoms with Crippen LogP contribution in [-0.4, -0.2) is 45.0 Å². The molecule has 1 amide bonds. The van der Waals surface area contributed by atoms with E-state index in [-0.39, 0.29) is 13.0 Å². The summed E-state index contributed by atoms with van der Waals surface area (Å²) in [5.74, 6) is -2.88. The minimum Gasteiger partial charge on any atom is -0.481 e. The van der Waals surface area contributed by atoms with E-state index in [1.807, 2.05) is 0 Å². The first-order chi connectivity index (χ1) is 7.68. The van der Waals surface area contributed by atoms with E-state index in [1.165, 1.54) is 20.8 Å².